The van der Waals surface area contributed by atoms with Crippen LogP contribution in [0.2, 0.25) is 0 Å². The zero-order valence-electron chi connectivity index (χ0n) is 24.0. The van der Waals surface area contributed by atoms with Crippen molar-refractivity contribution in [2.45, 2.75) is 50.7 Å². The summed E-state index contributed by atoms with van der Waals surface area (Å²) >= 11 is 0. The van der Waals surface area contributed by atoms with E-state index in [1.54, 1.807) is 16.8 Å². The van der Waals surface area contributed by atoms with Gasteiger partial charge in [0.1, 0.15) is 17.4 Å². The predicted molar refractivity (Wildman–Crippen MR) is 159 cm³/mol. The zero-order chi connectivity index (χ0) is 30.5. The van der Waals surface area contributed by atoms with Gasteiger partial charge in [-0.1, -0.05) is 30.3 Å². The van der Waals surface area contributed by atoms with Crippen LogP contribution in [0.1, 0.15) is 69.0 Å². The minimum atomic E-state index is -0.773. The van der Waals surface area contributed by atoms with Gasteiger partial charge in [0, 0.05) is 37.6 Å². The summed E-state index contributed by atoms with van der Waals surface area (Å²) in [4.78, 5) is 52.4. The molecule has 2 fully saturated rings. The van der Waals surface area contributed by atoms with Crippen molar-refractivity contribution in [3.63, 3.8) is 0 Å². The van der Waals surface area contributed by atoms with Crippen molar-refractivity contribution in [2.24, 2.45) is 5.73 Å². The third-order valence-corrected chi connectivity index (χ3v) is 8.98. The second kappa shape index (κ2) is 11.0. The smallest absolute Gasteiger partial charge is 0.258 e. The fourth-order valence-corrected chi connectivity index (χ4v) is 6.82. The molecule has 11 heteroatoms. The first-order valence-electron chi connectivity index (χ1n) is 14.8. The summed E-state index contributed by atoms with van der Waals surface area (Å²) in [6.45, 7) is 2.40. The van der Waals surface area contributed by atoms with Crippen LogP contribution < -0.4 is 11.1 Å². The van der Waals surface area contributed by atoms with Gasteiger partial charge in [-0.15, -0.1) is 0 Å². The maximum Gasteiger partial charge on any atom is 0.258 e. The standard InChI is InChI=1S/C33H31FN6O4/c34-26-14-19(13-23-17-39(33(44)29(23)26)27-10-11-28(41)36-32(27)43)15-38-12-2-4-21(16-38)20-6-8-24(9-7-20)40-18-22-3-1-5-25(31(35)42)30(22)37-40/h1,3,5-9,13-14,18,21,27H,2,4,10-12,15-17H2,(H2,35,42)(H,36,41,43)/t21-,27?/m1/s1. The van der Waals surface area contributed by atoms with E-state index in [4.69, 9.17) is 5.73 Å². The largest absolute Gasteiger partial charge is 0.366 e. The Labute approximate surface area is 252 Å². The van der Waals surface area contributed by atoms with E-state index < -0.39 is 29.6 Å². The molecule has 1 unspecified atom stereocenters. The van der Waals surface area contributed by atoms with Gasteiger partial charge < -0.3 is 10.6 Å². The number of aromatic nitrogens is 2. The Hall–Kier alpha value is -4.90. The molecule has 0 bridgehead atoms. The van der Waals surface area contributed by atoms with Crippen LogP contribution in [-0.2, 0) is 22.7 Å². The number of carbonyl (C=O) groups excluding carboxylic acids is 4. The number of hydrogen-bond donors (Lipinski definition) is 2. The van der Waals surface area contributed by atoms with Gasteiger partial charge in [0.05, 0.1) is 16.8 Å². The summed E-state index contributed by atoms with van der Waals surface area (Å²) in [7, 11) is 0. The summed E-state index contributed by atoms with van der Waals surface area (Å²) < 4.78 is 17.0. The average molecular weight is 595 g/mol. The van der Waals surface area contributed by atoms with Crippen molar-refractivity contribution in [3.05, 3.63) is 94.4 Å². The van der Waals surface area contributed by atoms with Gasteiger partial charge in [0.25, 0.3) is 11.8 Å². The van der Waals surface area contributed by atoms with E-state index in [1.165, 1.54) is 16.5 Å². The summed E-state index contributed by atoms with van der Waals surface area (Å²) in [5.74, 6) is -2.15. The van der Waals surface area contributed by atoms with E-state index in [9.17, 15) is 19.2 Å². The number of hydrogen-bond acceptors (Lipinski definition) is 6. The van der Waals surface area contributed by atoms with Crippen molar-refractivity contribution in [2.75, 3.05) is 13.1 Å². The molecule has 0 spiro atoms. The molecule has 2 atom stereocenters. The van der Waals surface area contributed by atoms with Crippen LogP contribution in [0.5, 0.6) is 0 Å². The average Bonchev–Trinajstić information content (AvgIpc) is 3.58. The van der Waals surface area contributed by atoms with Crippen LogP contribution in [0.3, 0.4) is 0 Å². The number of carbonyl (C=O) groups is 4. The van der Waals surface area contributed by atoms with Crippen molar-refractivity contribution >= 4 is 34.5 Å². The molecule has 0 aliphatic carbocycles. The van der Waals surface area contributed by atoms with Crippen molar-refractivity contribution < 1.29 is 23.6 Å². The molecule has 3 aliphatic heterocycles. The summed E-state index contributed by atoms with van der Waals surface area (Å²) in [6.07, 6.45) is 4.32. The third kappa shape index (κ3) is 5.02. The van der Waals surface area contributed by atoms with Crippen LogP contribution in [0.25, 0.3) is 16.6 Å². The number of benzene rings is 3. The number of halogens is 1. The number of imide groups is 1. The fourth-order valence-electron chi connectivity index (χ4n) is 6.82. The molecule has 0 radical (unpaired) electrons. The predicted octanol–water partition coefficient (Wildman–Crippen LogP) is 3.40. The maximum absolute atomic E-state index is 15.3. The van der Waals surface area contributed by atoms with Crippen LogP contribution in [0, 0.1) is 5.82 Å². The Morgan fingerprint density at radius 1 is 1.07 bits per heavy atom. The van der Waals surface area contributed by atoms with Gasteiger partial charge >= 0.3 is 0 Å². The summed E-state index contributed by atoms with van der Waals surface area (Å²) in [5, 5.41) is 7.72. The lowest BCUT2D eigenvalue weighted by Gasteiger charge is -2.33. The van der Waals surface area contributed by atoms with Crippen molar-refractivity contribution in [1.82, 2.24) is 24.9 Å². The first kappa shape index (κ1) is 27.9. The molecule has 10 nitrogen and oxygen atoms in total. The monoisotopic (exact) mass is 594 g/mol. The van der Waals surface area contributed by atoms with E-state index in [-0.39, 0.29) is 30.9 Å². The molecule has 3 aromatic carbocycles. The third-order valence-electron chi connectivity index (χ3n) is 8.98. The van der Waals surface area contributed by atoms with Gasteiger partial charge in [0.15, 0.2) is 0 Å². The van der Waals surface area contributed by atoms with E-state index in [2.05, 4.69) is 27.4 Å². The number of likely N-dealkylation sites (tertiary alicyclic amines) is 1. The lowest BCUT2D eigenvalue weighted by atomic mass is 9.90. The van der Waals surface area contributed by atoms with E-state index in [0.717, 1.165) is 42.6 Å². The molecule has 3 N–H and O–H groups in total. The molecule has 4 heterocycles. The molecule has 1 aromatic heterocycles. The summed E-state index contributed by atoms with van der Waals surface area (Å²) in [6, 6.07) is 16.1. The topological polar surface area (TPSA) is 131 Å². The molecule has 0 saturated carbocycles. The van der Waals surface area contributed by atoms with E-state index in [1.807, 2.05) is 30.5 Å². The van der Waals surface area contributed by atoms with E-state index in [0.29, 0.717) is 29.1 Å². The molecule has 7 rings (SSSR count). The summed E-state index contributed by atoms with van der Waals surface area (Å²) in [5.41, 5.74) is 9.95. The number of nitrogens with zero attached hydrogens (tertiary/aromatic N) is 4. The number of primary amides is 1. The second-order valence-corrected chi connectivity index (χ2v) is 11.9. The fraction of sp³-hybridized carbons (Fsp3) is 0.303. The van der Waals surface area contributed by atoms with Crippen LogP contribution in [0.4, 0.5) is 4.39 Å². The molecule has 4 aromatic rings. The Balaban J connectivity index is 1.04. The minimum absolute atomic E-state index is 0.0194. The molecule has 3 aliphatic rings. The number of amides is 4. The highest BCUT2D eigenvalue weighted by Gasteiger charge is 2.40. The molecular formula is C33H31FN6O4. The lowest BCUT2D eigenvalue weighted by molar-refractivity contribution is -0.136. The van der Waals surface area contributed by atoms with Crippen molar-refractivity contribution in [3.8, 4) is 5.69 Å². The number of rotatable bonds is 6. The molecule has 2 saturated heterocycles. The highest BCUT2D eigenvalue weighted by Crippen LogP contribution is 2.33. The Kier molecular flexibility index (Phi) is 6.97. The van der Waals surface area contributed by atoms with Gasteiger partial charge in [0.2, 0.25) is 11.8 Å². The molecule has 44 heavy (non-hydrogen) atoms. The Morgan fingerprint density at radius 3 is 2.66 bits per heavy atom. The first-order chi connectivity index (χ1) is 21.2. The number of nitrogens with one attached hydrogen (secondary N) is 1. The quantitative estimate of drug-likeness (QED) is 0.329. The Bertz CT molecular complexity index is 1830. The number of fused-ring (bicyclic) bond motifs is 2. The van der Waals surface area contributed by atoms with Gasteiger partial charge in [-0.05, 0) is 72.7 Å². The van der Waals surface area contributed by atoms with Crippen LogP contribution in [-0.4, -0.2) is 62.3 Å². The first-order valence-corrected chi connectivity index (χ1v) is 14.8. The molecule has 4 amide bonds. The van der Waals surface area contributed by atoms with Gasteiger partial charge in [-0.25, -0.2) is 9.07 Å². The second-order valence-electron chi connectivity index (χ2n) is 11.9. The number of piperidine rings is 2. The molecule has 224 valence electrons. The lowest BCUT2D eigenvalue weighted by Crippen LogP contribution is -2.52. The minimum Gasteiger partial charge on any atom is -0.366 e. The van der Waals surface area contributed by atoms with Gasteiger partial charge in [-0.2, -0.15) is 5.10 Å². The molecular weight excluding hydrogens is 563 g/mol. The maximum atomic E-state index is 15.3. The van der Waals surface area contributed by atoms with Gasteiger partial charge in [-0.3, -0.25) is 29.4 Å². The van der Waals surface area contributed by atoms with Crippen LogP contribution >= 0.6 is 0 Å². The zero-order valence-corrected chi connectivity index (χ0v) is 24.0. The highest BCUT2D eigenvalue weighted by molar-refractivity contribution is 6.06. The van der Waals surface area contributed by atoms with E-state index >= 15 is 4.39 Å². The van der Waals surface area contributed by atoms with Crippen molar-refractivity contribution in [1.29, 1.82) is 0 Å². The normalized spacial score (nSPS) is 20.7. The number of nitrogens with two attached hydrogens (primary N) is 1. The van der Waals surface area contributed by atoms with Crippen LogP contribution in [0.15, 0.2) is 60.8 Å². The highest BCUT2D eigenvalue weighted by atomic mass is 19.1. The Morgan fingerprint density at radius 2 is 1.89 bits per heavy atom. The SMILES string of the molecule is NC(=O)c1cccc2cn(-c3ccc([C@@H]4CCCN(Cc5cc(F)c6c(c5)CN(C5CCC(=O)NC5=O)C6=O)C4)cc3)nc12.